The number of hydrogen-bond acceptors (Lipinski definition) is 3. The molecule has 0 aliphatic carbocycles. The van der Waals surface area contributed by atoms with Crippen LogP contribution >= 0.6 is 0 Å². The summed E-state index contributed by atoms with van der Waals surface area (Å²) in [5.74, 6) is 0.436. The smallest absolute Gasteiger partial charge is 0.244 e. The predicted octanol–water partition coefficient (Wildman–Crippen LogP) is 5.38. The molecule has 0 saturated carbocycles. The van der Waals surface area contributed by atoms with Crippen molar-refractivity contribution in [1.29, 1.82) is 0 Å². The van der Waals surface area contributed by atoms with Crippen molar-refractivity contribution in [2.24, 2.45) is 0 Å². The minimum atomic E-state index is -0.598. The van der Waals surface area contributed by atoms with E-state index in [1.165, 1.54) is 5.69 Å². The Kier molecular flexibility index (Phi) is 3.81. The van der Waals surface area contributed by atoms with E-state index in [1.807, 2.05) is 23.6 Å². The van der Waals surface area contributed by atoms with Crippen LogP contribution in [0.15, 0.2) is 54.6 Å². The highest BCUT2D eigenvalue weighted by Crippen LogP contribution is 2.34. The largest absolute Gasteiger partial charge is 0.298 e. The Morgan fingerprint density at radius 3 is 2.34 bits per heavy atom. The van der Waals surface area contributed by atoms with Crippen molar-refractivity contribution < 1.29 is 4.39 Å². The Morgan fingerprint density at radius 1 is 0.750 bits per heavy atom. The number of para-hydroxylation sites is 3. The van der Waals surface area contributed by atoms with Gasteiger partial charge in [0.1, 0.15) is 17.3 Å². The lowest BCUT2D eigenvalue weighted by atomic mass is 10.1. The first kappa shape index (κ1) is 18.7. The molecule has 0 spiro atoms. The molecule has 4 aromatic heterocycles. The van der Waals surface area contributed by atoms with Crippen LogP contribution in [0.4, 0.5) is 4.39 Å². The highest BCUT2D eigenvalue weighted by Gasteiger charge is 2.22. The van der Waals surface area contributed by atoms with Gasteiger partial charge in [-0.05, 0) is 63.6 Å². The summed E-state index contributed by atoms with van der Waals surface area (Å²) < 4.78 is 21.0. The second-order valence-corrected chi connectivity index (χ2v) is 8.16. The number of imidazole rings is 2. The van der Waals surface area contributed by atoms with Gasteiger partial charge in [0.2, 0.25) is 5.95 Å². The molecule has 6 aromatic rings. The summed E-state index contributed by atoms with van der Waals surface area (Å²) in [5.41, 5.74) is 8.12. The van der Waals surface area contributed by atoms with E-state index in [4.69, 9.17) is 0 Å². The predicted molar refractivity (Wildman–Crippen MR) is 123 cm³/mol. The molecule has 0 radical (unpaired) electrons. The van der Waals surface area contributed by atoms with Gasteiger partial charge < -0.3 is 0 Å². The Hall–Kier alpha value is -4.00. The first-order valence-corrected chi connectivity index (χ1v) is 10.5. The molecule has 0 aliphatic rings. The molecule has 0 amide bonds. The van der Waals surface area contributed by atoms with Crippen molar-refractivity contribution in [3.63, 3.8) is 0 Å². The summed E-state index contributed by atoms with van der Waals surface area (Å²) in [6.45, 7) is 7.76. The molecule has 4 heterocycles. The second-order valence-electron chi connectivity index (χ2n) is 8.16. The zero-order valence-electron chi connectivity index (χ0n) is 18.3. The van der Waals surface area contributed by atoms with Crippen LogP contribution in [0.1, 0.15) is 22.9 Å². The summed E-state index contributed by atoms with van der Waals surface area (Å²) in [7, 11) is 0. The number of rotatable bonds is 2. The van der Waals surface area contributed by atoms with E-state index in [2.05, 4.69) is 80.2 Å². The fraction of sp³-hybridized carbons (Fsp3) is 0.160. The summed E-state index contributed by atoms with van der Waals surface area (Å²) >= 11 is 0. The normalized spacial score (nSPS) is 11.9. The third-order valence-electron chi connectivity index (χ3n) is 6.07. The first-order chi connectivity index (χ1) is 15.5. The molecule has 0 atom stereocenters. The molecule has 0 bridgehead atoms. The highest BCUT2D eigenvalue weighted by atomic mass is 19.1. The molecular weight excluding hydrogens is 403 g/mol. The van der Waals surface area contributed by atoms with Gasteiger partial charge >= 0.3 is 0 Å². The maximum absolute atomic E-state index is 14.6. The van der Waals surface area contributed by atoms with Crippen LogP contribution in [-0.2, 0) is 0 Å². The summed E-state index contributed by atoms with van der Waals surface area (Å²) in [4.78, 5) is 12.9. The zero-order chi connectivity index (χ0) is 22.1. The number of aryl methyl sites for hydroxylation is 4. The summed E-state index contributed by atoms with van der Waals surface area (Å²) in [5, 5.41) is 0. The van der Waals surface area contributed by atoms with E-state index in [1.54, 1.807) is 6.92 Å². The molecular formula is C25H21FN6. The Balaban J connectivity index is 1.79. The Morgan fingerprint density at radius 2 is 1.53 bits per heavy atom. The maximum Gasteiger partial charge on any atom is 0.244 e. The SMILES string of the molecule is Cc1nc(F)c2nc(C)n(-c3cccc(C)c3-n3c4ccccc4n4c(C)ccc34)c2n1. The van der Waals surface area contributed by atoms with Gasteiger partial charge in [-0.2, -0.15) is 4.39 Å². The van der Waals surface area contributed by atoms with E-state index in [0.29, 0.717) is 17.3 Å². The van der Waals surface area contributed by atoms with Crippen LogP contribution in [0.25, 0.3) is 39.2 Å². The Bertz CT molecular complexity index is 1680. The fourth-order valence-corrected chi connectivity index (χ4v) is 4.75. The van der Waals surface area contributed by atoms with Crippen LogP contribution < -0.4 is 0 Å². The average Bonchev–Trinajstić information content (AvgIpc) is 3.40. The highest BCUT2D eigenvalue weighted by molar-refractivity contribution is 5.87. The molecule has 0 aliphatic heterocycles. The van der Waals surface area contributed by atoms with Gasteiger partial charge in [0.15, 0.2) is 11.2 Å². The second kappa shape index (κ2) is 6.50. The monoisotopic (exact) mass is 424 g/mol. The number of hydrogen-bond donors (Lipinski definition) is 0. The minimum Gasteiger partial charge on any atom is -0.298 e. The van der Waals surface area contributed by atoms with Crippen LogP contribution in [0.5, 0.6) is 0 Å². The van der Waals surface area contributed by atoms with Crippen LogP contribution in [0.3, 0.4) is 0 Å². The molecule has 6 rings (SSSR count). The maximum atomic E-state index is 14.6. The third-order valence-corrected chi connectivity index (χ3v) is 6.07. The zero-order valence-corrected chi connectivity index (χ0v) is 18.3. The lowest BCUT2D eigenvalue weighted by Gasteiger charge is -2.17. The van der Waals surface area contributed by atoms with Gasteiger partial charge in [-0.1, -0.05) is 24.3 Å². The quantitative estimate of drug-likeness (QED) is 0.351. The lowest BCUT2D eigenvalue weighted by molar-refractivity contribution is 0.586. The number of fused-ring (bicyclic) bond motifs is 4. The lowest BCUT2D eigenvalue weighted by Crippen LogP contribution is -2.08. The third kappa shape index (κ3) is 2.42. The number of benzene rings is 2. The van der Waals surface area contributed by atoms with Crippen molar-refractivity contribution in [2.75, 3.05) is 0 Å². The molecule has 0 fully saturated rings. The summed E-state index contributed by atoms with van der Waals surface area (Å²) in [6.07, 6.45) is 0. The van der Waals surface area contributed by atoms with Crippen LogP contribution in [0, 0.1) is 33.6 Å². The van der Waals surface area contributed by atoms with Gasteiger partial charge in [-0.25, -0.2) is 15.0 Å². The van der Waals surface area contributed by atoms with E-state index in [0.717, 1.165) is 33.6 Å². The number of nitrogens with zero attached hydrogens (tertiary/aromatic N) is 6. The van der Waals surface area contributed by atoms with Gasteiger partial charge in [-0.15, -0.1) is 0 Å². The molecule has 158 valence electrons. The number of halogens is 1. The topological polar surface area (TPSA) is 52.9 Å². The molecule has 6 nitrogen and oxygen atoms in total. The van der Waals surface area contributed by atoms with E-state index < -0.39 is 5.95 Å². The molecule has 0 unspecified atom stereocenters. The Labute approximate surface area is 183 Å². The van der Waals surface area contributed by atoms with Crippen molar-refractivity contribution in [2.45, 2.75) is 27.7 Å². The van der Waals surface area contributed by atoms with Crippen molar-refractivity contribution in [1.82, 2.24) is 28.5 Å². The molecule has 0 saturated heterocycles. The molecule has 0 N–H and O–H groups in total. The average molecular weight is 424 g/mol. The van der Waals surface area contributed by atoms with Gasteiger partial charge in [0, 0.05) is 5.69 Å². The van der Waals surface area contributed by atoms with Crippen LogP contribution in [0.2, 0.25) is 0 Å². The molecule has 7 heteroatoms. The van der Waals surface area contributed by atoms with Crippen molar-refractivity contribution >= 4 is 27.8 Å². The number of aromatic nitrogens is 6. The molecule has 32 heavy (non-hydrogen) atoms. The van der Waals surface area contributed by atoms with Gasteiger partial charge in [-0.3, -0.25) is 13.5 Å². The first-order valence-electron chi connectivity index (χ1n) is 10.5. The van der Waals surface area contributed by atoms with Crippen molar-refractivity contribution in [3.8, 4) is 11.4 Å². The van der Waals surface area contributed by atoms with Gasteiger partial charge in [0.25, 0.3) is 0 Å². The van der Waals surface area contributed by atoms with Crippen molar-refractivity contribution in [3.05, 3.63) is 83.5 Å². The minimum absolute atomic E-state index is 0.182. The fourth-order valence-electron chi connectivity index (χ4n) is 4.75. The van der Waals surface area contributed by atoms with E-state index in [-0.39, 0.29) is 5.52 Å². The summed E-state index contributed by atoms with van der Waals surface area (Å²) in [6, 6.07) is 18.8. The van der Waals surface area contributed by atoms with Gasteiger partial charge in [0.05, 0.1) is 22.4 Å². The van der Waals surface area contributed by atoms with Crippen LogP contribution in [-0.4, -0.2) is 28.5 Å². The van der Waals surface area contributed by atoms with E-state index in [9.17, 15) is 4.39 Å². The standard InChI is InChI=1S/C25H21FN6/c1-14-8-7-11-20(31-17(4)29-22-24(26)27-16(3)28-25(22)31)23(14)32-19-10-6-5-9-18(19)30-15(2)12-13-21(30)32/h5-13H,1-4H3. The molecule has 2 aromatic carbocycles. The van der Waals surface area contributed by atoms with E-state index >= 15 is 0 Å².